The van der Waals surface area contributed by atoms with Crippen LogP contribution in [0, 0.1) is 11.3 Å². The van der Waals surface area contributed by atoms with E-state index in [4.69, 9.17) is 11.0 Å². The second-order valence-corrected chi connectivity index (χ2v) is 5.40. The van der Waals surface area contributed by atoms with E-state index in [1.807, 2.05) is 0 Å². The van der Waals surface area contributed by atoms with Gasteiger partial charge in [0, 0.05) is 31.4 Å². The number of hydrogen-bond donors (Lipinski definition) is 1. The van der Waals surface area contributed by atoms with Crippen molar-refractivity contribution in [1.29, 1.82) is 5.26 Å². The number of nitriles is 1. The van der Waals surface area contributed by atoms with Gasteiger partial charge in [0.05, 0.1) is 11.3 Å². The van der Waals surface area contributed by atoms with Crippen LogP contribution in [0.4, 0.5) is 11.5 Å². The Morgan fingerprint density at radius 2 is 2.17 bits per heavy atom. The van der Waals surface area contributed by atoms with E-state index in [2.05, 4.69) is 41.7 Å². The third-order valence-electron chi connectivity index (χ3n) is 3.64. The van der Waals surface area contributed by atoms with Gasteiger partial charge in [0.25, 0.3) is 0 Å². The molecule has 0 saturated carbocycles. The fourth-order valence-corrected chi connectivity index (χ4v) is 2.22. The Labute approximate surface area is 108 Å². The highest BCUT2D eigenvalue weighted by molar-refractivity contribution is 5.65. The molecule has 0 amide bonds. The molecule has 1 aliphatic heterocycles. The number of nitrogen functional groups attached to an aromatic ring is 1. The normalized spacial score (nSPS) is 19.6. The van der Waals surface area contributed by atoms with Crippen LogP contribution in [0.25, 0.3) is 0 Å². The van der Waals surface area contributed by atoms with Crippen molar-refractivity contribution in [3.63, 3.8) is 0 Å². The largest absolute Gasteiger partial charge is 0.396 e. The molecule has 18 heavy (non-hydrogen) atoms. The van der Waals surface area contributed by atoms with Crippen LogP contribution in [0.2, 0.25) is 0 Å². The van der Waals surface area contributed by atoms with Crippen LogP contribution in [0.3, 0.4) is 0 Å². The van der Waals surface area contributed by atoms with Gasteiger partial charge in [0.15, 0.2) is 5.82 Å². The van der Waals surface area contributed by atoms with Gasteiger partial charge in [-0.15, -0.1) is 0 Å². The number of nitrogens with two attached hydrogens (primary N) is 1. The Hall–Kier alpha value is -1.80. The van der Waals surface area contributed by atoms with Gasteiger partial charge in [-0.05, 0) is 27.0 Å². The molecule has 1 fully saturated rings. The number of hydrogen-bond acceptors (Lipinski definition) is 5. The minimum atomic E-state index is 0.0975. The van der Waals surface area contributed by atoms with Gasteiger partial charge in [-0.3, -0.25) is 4.90 Å². The first-order valence-corrected chi connectivity index (χ1v) is 6.06. The molecule has 1 aromatic heterocycles. The molecule has 0 atom stereocenters. The molecule has 2 rings (SSSR count). The molecule has 1 aromatic rings. The number of pyridine rings is 1. The molecular formula is C13H19N5. The Balaban J connectivity index is 2.26. The molecule has 0 aliphatic carbocycles. The van der Waals surface area contributed by atoms with E-state index in [-0.39, 0.29) is 5.54 Å². The van der Waals surface area contributed by atoms with Gasteiger partial charge in [-0.1, -0.05) is 0 Å². The SMILES string of the molecule is CN1CCN(c2ncc(C#N)cc2N)CC1(C)C. The maximum Gasteiger partial charge on any atom is 0.151 e. The summed E-state index contributed by atoms with van der Waals surface area (Å²) in [5, 5.41) is 8.82. The molecule has 5 heteroatoms. The molecule has 0 spiro atoms. The molecule has 2 heterocycles. The summed E-state index contributed by atoms with van der Waals surface area (Å²) in [4.78, 5) is 8.85. The number of anilines is 2. The first kappa shape index (κ1) is 12.7. The quantitative estimate of drug-likeness (QED) is 0.801. The monoisotopic (exact) mass is 245 g/mol. The lowest BCUT2D eigenvalue weighted by Crippen LogP contribution is -2.58. The van der Waals surface area contributed by atoms with E-state index in [0.717, 1.165) is 25.5 Å². The third kappa shape index (κ3) is 2.24. The van der Waals surface area contributed by atoms with Gasteiger partial charge in [0.1, 0.15) is 6.07 Å². The van der Waals surface area contributed by atoms with Gasteiger partial charge in [-0.2, -0.15) is 5.26 Å². The molecule has 5 nitrogen and oxygen atoms in total. The third-order valence-corrected chi connectivity index (χ3v) is 3.64. The first-order chi connectivity index (χ1) is 8.44. The Kier molecular flexibility index (Phi) is 3.14. The average molecular weight is 245 g/mol. The van der Waals surface area contributed by atoms with Crippen molar-refractivity contribution in [3.05, 3.63) is 17.8 Å². The van der Waals surface area contributed by atoms with Crippen molar-refractivity contribution in [1.82, 2.24) is 9.88 Å². The van der Waals surface area contributed by atoms with Crippen LogP contribution < -0.4 is 10.6 Å². The second kappa shape index (κ2) is 4.46. The molecule has 1 aliphatic rings. The van der Waals surface area contributed by atoms with Crippen LogP contribution in [0.5, 0.6) is 0 Å². The number of rotatable bonds is 1. The second-order valence-electron chi connectivity index (χ2n) is 5.40. The summed E-state index contributed by atoms with van der Waals surface area (Å²) in [6, 6.07) is 3.74. The van der Waals surface area contributed by atoms with Crippen molar-refractivity contribution in [3.8, 4) is 6.07 Å². The van der Waals surface area contributed by atoms with Gasteiger partial charge in [0.2, 0.25) is 0 Å². The van der Waals surface area contributed by atoms with E-state index in [1.54, 1.807) is 12.3 Å². The van der Waals surface area contributed by atoms with Crippen LogP contribution in [0.1, 0.15) is 19.4 Å². The van der Waals surface area contributed by atoms with E-state index in [1.165, 1.54) is 0 Å². The number of nitrogens with zero attached hydrogens (tertiary/aromatic N) is 4. The maximum absolute atomic E-state index is 8.82. The number of piperazine rings is 1. The predicted octanol–water partition coefficient (Wildman–Crippen LogP) is 1.07. The highest BCUT2D eigenvalue weighted by Crippen LogP contribution is 2.27. The molecule has 0 radical (unpaired) electrons. The molecule has 2 N–H and O–H groups in total. The van der Waals surface area contributed by atoms with Crippen molar-refractivity contribution in [2.45, 2.75) is 19.4 Å². The summed E-state index contributed by atoms with van der Waals surface area (Å²) in [6.07, 6.45) is 1.58. The van der Waals surface area contributed by atoms with Gasteiger partial charge >= 0.3 is 0 Å². The van der Waals surface area contributed by atoms with Crippen LogP contribution in [-0.4, -0.2) is 42.1 Å². The zero-order valence-corrected chi connectivity index (χ0v) is 11.1. The molecular weight excluding hydrogens is 226 g/mol. The van der Waals surface area contributed by atoms with Crippen LogP contribution in [-0.2, 0) is 0 Å². The molecule has 96 valence electrons. The highest BCUT2D eigenvalue weighted by Gasteiger charge is 2.32. The molecule has 0 aromatic carbocycles. The highest BCUT2D eigenvalue weighted by atomic mass is 15.3. The van der Waals surface area contributed by atoms with E-state index < -0.39 is 0 Å². The van der Waals surface area contributed by atoms with E-state index in [9.17, 15) is 0 Å². The summed E-state index contributed by atoms with van der Waals surface area (Å²) in [7, 11) is 2.13. The molecule has 0 unspecified atom stereocenters. The van der Waals surface area contributed by atoms with Gasteiger partial charge < -0.3 is 10.6 Å². The lowest BCUT2D eigenvalue weighted by molar-refractivity contribution is 0.138. The number of aromatic nitrogens is 1. The predicted molar refractivity (Wildman–Crippen MR) is 72.3 cm³/mol. The van der Waals surface area contributed by atoms with Crippen LogP contribution >= 0.6 is 0 Å². The lowest BCUT2D eigenvalue weighted by atomic mass is 9.99. The first-order valence-electron chi connectivity index (χ1n) is 6.06. The lowest BCUT2D eigenvalue weighted by Gasteiger charge is -2.46. The van der Waals surface area contributed by atoms with Crippen LogP contribution in [0.15, 0.2) is 12.3 Å². The summed E-state index contributed by atoms with van der Waals surface area (Å²) in [5.74, 6) is 0.787. The smallest absolute Gasteiger partial charge is 0.151 e. The van der Waals surface area contributed by atoms with Crippen molar-refractivity contribution >= 4 is 11.5 Å². The summed E-state index contributed by atoms with van der Waals surface area (Å²) < 4.78 is 0. The summed E-state index contributed by atoms with van der Waals surface area (Å²) in [5.41, 5.74) is 7.16. The molecule has 0 bridgehead atoms. The zero-order chi connectivity index (χ0) is 13.3. The summed E-state index contributed by atoms with van der Waals surface area (Å²) in [6.45, 7) is 7.18. The fraction of sp³-hybridized carbons (Fsp3) is 0.538. The standard InChI is InChI=1S/C13H19N5/c1-13(2)9-18(5-4-17(13)3)12-11(15)6-10(7-14)8-16-12/h6,8H,4-5,9,15H2,1-3H3. The van der Waals surface area contributed by atoms with Crippen molar-refractivity contribution in [2.75, 3.05) is 37.3 Å². The van der Waals surface area contributed by atoms with E-state index >= 15 is 0 Å². The Morgan fingerprint density at radius 1 is 1.44 bits per heavy atom. The van der Waals surface area contributed by atoms with Crippen molar-refractivity contribution < 1.29 is 0 Å². The topological polar surface area (TPSA) is 69.2 Å². The average Bonchev–Trinajstić information content (AvgIpc) is 2.32. The minimum Gasteiger partial charge on any atom is -0.396 e. The zero-order valence-electron chi connectivity index (χ0n) is 11.1. The van der Waals surface area contributed by atoms with Crippen molar-refractivity contribution in [2.24, 2.45) is 0 Å². The minimum absolute atomic E-state index is 0.0975. The summed E-state index contributed by atoms with van der Waals surface area (Å²) >= 11 is 0. The van der Waals surface area contributed by atoms with Gasteiger partial charge in [-0.25, -0.2) is 4.98 Å². The maximum atomic E-state index is 8.82. The number of likely N-dealkylation sites (N-methyl/N-ethyl adjacent to an activating group) is 1. The Bertz CT molecular complexity index is 489. The van der Waals surface area contributed by atoms with E-state index in [0.29, 0.717) is 11.3 Å². The fourth-order valence-electron chi connectivity index (χ4n) is 2.22. The Morgan fingerprint density at radius 3 is 2.72 bits per heavy atom. The molecule has 1 saturated heterocycles.